The minimum Gasteiger partial charge on any atom is -0.469 e. The summed E-state index contributed by atoms with van der Waals surface area (Å²) in [5.41, 5.74) is 3.46. The van der Waals surface area contributed by atoms with Crippen LogP contribution < -0.4 is 4.74 Å². The number of benzene rings is 2. The maximum atomic E-state index is 6.24. The van der Waals surface area contributed by atoms with Crippen molar-refractivity contribution in [1.82, 2.24) is 5.01 Å². The topological polar surface area (TPSA) is 24.8 Å². The summed E-state index contributed by atoms with van der Waals surface area (Å²) in [7, 11) is 0. The van der Waals surface area contributed by atoms with Gasteiger partial charge < -0.3 is 4.74 Å². The quantitative estimate of drug-likeness (QED) is 0.772. The second-order valence-corrected chi connectivity index (χ2v) is 7.47. The van der Waals surface area contributed by atoms with Crippen LogP contribution in [0.15, 0.2) is 53.6 Å². The number of nitrogens with zero attached hydrogens (tertiary/aromatic N) is 2. The Hall–Kier alpha value is -1.65. The lowest BCUT2D eigenvalue weighted by Gasteiger charge is -2.38. The van der Waals surface area contributed by atoms with E-state index in [-0.39, 0.29) is 12.3 Å². The molecular weight excluding hydrogens is 340 g/mol. The van der Waals surface area contributed by atoms with Gasteiger partial charge in [0.05, 0.1) is 11.8 Å². The Morgan fingerprint density at radius 1 is 1.21 bits per heavy atom. The van der Waals surface area contributed by atoms with Crippen LogP contribution in [0.1, 0.15) is 30.0 Å². The summed E-state index contributed by atoms with van der Waals surface area (Å²) < 4.78 is 6.24. The van der Waals surface area contributed by atoms with Gasteiger partial charge >= 0.3 is 0 Å². The molecule has 2 aliphatic heterocycles. The molecule has 0 N–H and O–H groups in total. The number of hydrogen-bond donors (Lipinski definition) is 0. The van der Waals surface area contributed by atoms with Gasteiger partial charge in [-0.3, -0.25) is 5.01 Å². The molecule has 0 fully saturated rings. The van der Waals surface area contributed by atoms with E-state index < -0.39 is 0 Å². The van der Waals surface area contributed by atoms with Crippen molar-refractivity contribution in [3.63, 3.8) is 0 Å². The third-order valence-corrected chi connectivity index (χ3v) is 5.42. The van der Waals surface area contributed by atoms with Crippen LogP contribution in [0.3, 0.4) is 0 Å². The van der Waals surface area contributed by atoms with E-state index in [1.54, 1.807) is 0 Å². The van der Waals surface area contributed by atoms with Gasteiger partial charge in [0, 0.05) is 23.4 Å². The minimum atomic E-state index is 0.00199. The molecule has 2 heterocycles. The maximum Gasteiger partial charge on any atom is 0.188 e. The van der Waals surface area contributed by atoms with E-state index in [1.807, 2.05) is 42.1 Å². The molecule has 0 spiro atoms. The molecule has 2 atom stereocenters. The summed E-state index contributed by atoms with van der Waals surface area (Å²) in [5.74, 6) is 2.05. The van der Waals surface area contributed by atoms with Crippen molar-refractivity contribution in [2.45, 2.75) is 25.1 Å². The lowest BCUT2D eigenvalue weighted by Crippen LogP contribution is -2.40. The molecule has 0 aromatic heterocycles. The zero-order valence-electron chi connectivity index (χ0n) is 13.5. The van der Waals surface area contributed by atoms with Gasteiger partial charge in [0.15, 0.2) is 6.23 Å². The summed E-state index contributed by atoms with van der Waals surface area (Å²) in [6.07, 6.45) is 3.99. The predicted molar refractivity (Wildman–Crippen MR) is 101 cm³/mol. The monoisotopic (exact) mass is 358 g/mol. The van der Waals surface area contributed by atoms with Crippen molar-refractivity contribution >= 4 is 29.1 Å². The van der Waals surface area contributed by atoms with Gasteiger partial charge in [0.2, 0.25) is 0 Å². The van der Waals surface area contributed by atoms with Crippen molar-refractivity contribution in [2.75, 3.05) is 12.0 Å². The zero-order chi connectivity index (χ0) is 16.5. The fourth-order valence-corrected chi connectivity index (χ4v) is 3.90. The third-order valence-electron chi connectivity index (χ3n) is 4.52. The van der Waals surface area contributed by atoms with Crippen LogP contribution in [0.5, 0.6) is 5.75 Å². The molecule has 0 radical (unpaired) electrons. The Morgan fingerprint density at radius 3 is 2.79 bits per heavy atom. The molecule has 5 heteroatoms. The molecule has 3 nitrogen and oxygen atoms in total. The standard InChI is InChI=1S/C19H19ClN2OS/c1-24-11-10-19-22-17(15-4-2-3-5-18(15)23-19)12-16(21-22)13-6-8-14(20)9-7-13/h2-9,17,19H,10-12H2,1H3/t17-,19-/m1/s1. The van der Waals surface area contributed by atoms with Crippen molar-refractivity contribution in [1.29, 1.82) is 0 Å². The summed E-state index contributed by atoms with van der Waals surface area (Å²) in [4.78, 5) is 0. The molecule has 0 saturated heterocycles. The average Bonchev–Trinajstić information content (AvgIpc) is 3.06. The average molecular weight is 359 g/mol. The number of halogens is 1. The SMILES string of the molecule is CSCC[C@H]1Oc2ccccc2[C@H]2CC(c3ccc(Cl)cc3)=NN21. The number of ether oxygens (including phenoxy) is 1. The molecule has 2 aromatic carbocycles. The van der Waals surface area contributed by atoms with Crippen LogP contribution in [0, 0.1) is 0 Å². The molecule has 0 aliphatic carbocycles. The van der Waals surface area contributed by atoms with Crippen molar-refractivity contribution in [3.05, 3.63) is 64.7 Å². The van der Waals surface area contributed by atoms with E-state index >= 15 is 0 Å². The smallest absolute Gasteiger partial charge is 0.188 e. The van der Waals surface area contributed by atoms with Crippen LogP contribution in [-0.4, -0.2) is 29.0 Å². The zero-order valence-corrected chi connectivity index (χ0v) is 15.1. The number of fused-ring (bicyclic) bond motifs is 3. The second-order valence-electron chi connectivity index (χ2n) is 6.05. The highest BCUT2D eigenvalue weighted by molar-refractivity contribution is 7.98. The number of rotatable bonds is 4. The largest absolute Gasteiger partial charge is 0.469 e. The van der Waals surface area contributed by atoms with Crippen LogP contribution in [0.2, 0.25) is 5.02 Å². The fourth-order valence-electron chi connectivity index (χ4n) is 3.34. The molecular formula is C19H19ClN2OS. The lowest BCUT2D eigenvalue weighted by molar-refractivity contribution is -0.0180. The highest BCUT2D eigenvalue weighted by Gasteiger charge is 2.39. The Labute approximate surface area is 151 Å². The van der Waals surface area contributed by atoms with E-state index in [4.69, 9.17) is 21.4 Å². The summed E-state index contributed by atoms with van der Waals surface area (Å²) in [5, 5.41) is 7.82. The highest BCUT2D eigenvalue weighted by Crippen LogP contribution is 2.43. The predicted octanol–water partition coefficient (Wildman–Crippen LogP) is 4.96. The molecule has 2 aliphatic rings. The third kappa shape index (κ3) is 2.89. The fraction of sp³-hybridized carbons (Fsp3) is 0.316. The second kappa shape index (κ2) is 6.69. The normalized spacial score (nSPS) is 21.8. The number of hydrogen-bond acceptors (Lipinski definition) is 4. The first kappa shape index (κ1) is 15.9. The van der Waals surface area contributed by atoms with E-state index in [0.717, 1.165) is 40.6 Å². The van der Waals surface area contributed by atoms with E-state index in [2.05, 4.69) is 29.5 Å². The van der Waals surface area contributed by atoms with E-state index in [1.165, 1.54) is 5.56 Å². The lowest BCUT2D eigenvalue weighted by atomic mass is 9.96. The van der Waals surface area contributed by atoms with Crippen molar-refractivity contribution in [2.24, 2.45) is 5.10 Å². The Kier molecular flexibility index (Phi) is 4.42. The summed E-state index contributed by atoms with van der Waals surface area (Å²) >= 11 is 7.85. The summed E-state index contributed by atoms with van der Waals surface area (Å²) in [6, 6.07) is 16.5. The van der Waals surface area contributed by atoms with Gasteiger partial charge in [-0.2, -0.15) is 16.9 Å². The molecule has 0 amide bonds. The van der Waals surface area contributed by atoms with E-state index in [9.17, 15) is 0 Å². The molecule has 0 saturated carbocycles. The van der Waals surface area contributed by atoms with Crippen molar-refractivity contribution in [3.8, 4) is 5.75 Å². The Morgan fingerprint density at radius 2 is 2.00 bits per heavy atom. The van der Waals surface area contributed by atoms with Gasteiger partial charge in [-0.05, 0) is 35.8 Å². The molecule has 124 valence electrons. The molecule has 4 rings (SSSR count). The number of thioether (sulfide) groups is 1. The van der Waals surface area contributed by atoms with Crippen LogP contribution in [-0.2, 0) is 0 Å². The van der Waals surface area contributed by atoms with Gasteiger partial charge in [-0.15, -0.1) is 0 Å². The first-order chi connectivity index (χ1) is 11.8. The Bertz CT molecular complexity index is 762. The molecule has 2 aromatic rings. The van der Waals surface area contributed by atoms with Crippen LogP contribution in [0.4, 0.5) is 0 Å². The number of para-hydroxylation sites is 1. The van der Waals surface area contributed by atoms with Crippen molar-refractivity contribution < 1.29 is 4.74 Å². The van der Waals surface area contributed by atoms with Gasteiger partial charge in [0.1, 0.15) is 5.75 Å². The van der Waals surface area contributed by atoms with Crippen LogP contribution in [0.25, 0.3) is 0 Å². The van der Waals surface area contributed by atoms with Gasteiger partial charge in [-0.1, -0.05) is 41.9 Å². The minimum absolute atomic E-state index is 0.00199. The first-order valence-corrected chi connectivity index (χ1v) is 9.89. The number of hydrazone groups is 1. The highest BCUT2D eigenvalue weighted by atomic mass is 35.5. The van der Waals surface area contributed by atoms with Crippen LogP contribution >= 0.6 is 23.4 Å². The maximum absolute atomic E-state index is 6.24. The molecule has 0 bridgehead atoms. The van der Waals surface area contributed by atoms with E-state index in [0.29, 0.717) is 0 Å². The first-order valence-electron chi connectivity index (χ1n) is 8.12. The molecule has 24 heavy (non-hydrogen) atoms. The summed E-state index contributed by atoms with van der Waals surface area (Å²) in [6.45, 7) is 0. The molecule has 0 unspecified atom stereocenters. The van der Waals surface area contributed by atoms with Gasteiger partial charge in [-0.25, -0.2) is 0 Å². The Balaban J connectivity index is 1.68. The van der Waals surface area contributed by atoms with Gasteiger partial charge in [0.25, 0.3) is 0 Å².